The molecule has 0 radical (unpaired) electrons. The average Bonchev–Trinajstić information content (AvgIpc) is 2.60. The van der Waals surface area contributed by atoms with E-state index in [1.165, 1.54) is 11.1 Å². The highest BCUT2D eigenvalue weighted by atomic mass is 19.1. The number of hydrogen-bond donors (Lipinski definition) is 1. The highest BCUT2D eigenvalue weighted by Crippen LogP contribution is 2.34. The first kappa shape index (κ1) is 16.7. The highest BCUT2D eigenvalue weighted by Gasteiger charge is 2.24. The molecule has 0 unspecified atom stereocenters. The summed E-state index contributed by atoms with van der Waals surface area (Å²) in [5.74, 6) is -0.0228. The summed E-state index contributed by atoms with van der Waals surface area (Å²) in [5, 5.41) is 3.59. The predicted molar refractivity (Wildman–Crippen MR) is 90.2 cm³/mol. The molecule has 1 atom stereocenters. The van der Waals surface area contributed by atoms with Gasteiger partial charge in [-0.3, -0.25) is 9.88 Å². The smallest absolute Gasteiger partial charge is 0.320 e. The number of halogens is 1. The Labute approximate surface area is 143 Å². The highest BCUT2D eigenvalue weighted by molar-refractivity contribution is 5.91. The van der Waals surface area contributed by atoms with Crippen LogP contribution in [0.3, 0.4) is 0 Å². The SMILES string of the molecule is C[C@@H](N=[N+]=[N-])c1c(F)cncc1-c1cnc2c(c1)CCCN2C(N)=O. The number of urea groups is 1. The van der Waals surface area contributed by atoms with Crippen molar-refractivity contribution in [1.29, 1.82) is 0 Å². The molecule has 0 aliphatic carbocycles. The minimum Gasteiger partial charge on any atom is -0.351 e. The Morgan fingerprint density at radius 1 is 1.48 bits per heavy atom. The zero-order valence-electron chi connectivity index (χ0n) is 13.6. The Morgan fingerprint density at radius 3 is 3.00 bits per heavy atom. The summed E-state index contributed by atoms with van der Waals surface area (Å²) in [7, 11) is 0. The van der Waals surface area contributed by atoms with Gasteiger partial charge in [-0.1, -0.05) is 12.0 Å². The van der Waals surface area contributed by atoms with Crippen molar-refractivity contribution in [1.82, 2.24) is 9.97 Å². The summed E-state index contributed by atoms with van der Waals surface area (Å²) in [5.41, 5.74) is 16.3. The molecule has 0 saturated carbocycles. The largest absolute Gasteiger partial charge is 0.351 e. The second-order valence-corrected chi connectivity index (χ2v) is 5.76. The van der Waals surface area contributed by atoms with Crippen LogP contribution in [0.2, 0.25) is 0 Å². The molecule has 2 aromatic rings. The molecule has 2 aromatic heterocycles. The standard InChI is InChI=1S/C16H16FN7O/c1-9(22-23-19)14-12(7-20-8-13(14)17)11-5-10-3-2-4-24(16(18)25)15(10)21-6-11/h5-9H,2-4H2,1H3,(H2,18,25)/t9-/m1/s1. The minimum absolute atomic E-state index is 0.261. The zero-order chi connectivity index (χ0) is 18.0. The Bertz CT molecular complexity index is 879. The lowest BCUT2D eigenvalue weighted by molar-refractivity contribution is 0.253. The lowest BCUT2D eigenvalue weighted by Crippen LogP contribution is -2.40. The molecule has 1 aliphatic rings. The van der Waals surface area contributed by atoms with Crippen LogP contribution in [0.4, 0.5) is 15.0 Å². The number of primary amides is 1. The summed E-state index contributed by atoms with van der Waals surface area (Å²) in [6.45, 7) is 2.14. The molecule has 3 heterocycles. The summed E-state index contributed by atoms with van der Waals surface area (Å²) >= 11 is 0. The lowest BCUT2D eigenvalue weighted by atomic mass is 9.96. The summed E-state index contributed by atoms with van der Waals surface area (Å²) in [6, 6.07) is 0.604. The van der Waals surface area contributed by atoms with Crippen LogP contribution in [0.25, 0.3) is 21.6 Å². The fourth-order valence-electron chi connectivity index (χ4n) is 3.06. The molecule has 128 valence electrons. The number of amides is 2. The van der Waals surface area contributed by atoms with Crippen molar-refractivity contribution < 1.29 is 9.18 Å². The van der Waals surface area contributed by atoms with E-state index in [0.29, 0.717) is 23.5 Å². The van der Waals surface area contributed by atoms with Gasteiger partial charge in [0.05, 0.1) is 12.2 Å². The van der Waals surface area contributed by atoms with Crippen LogP contribution in [0.1, 0.15) is 30.5 Å². The average molecular weight is 341 g/mol. The first-order valence-electron chi connectivity index (χ1n) is 7.76. The van der Waals surface area contributed by atoms with E-state index in [1.807, 2.05) is 6.07 Å². The quantitative estimate of drug-likeness (QED) is 0.522. The zero-order valence-corrected chi connectivity index (χ0v) is 13.6. The van der Waals surface area contributed by atoms with Gasteiger partial charge in [0.25, 0.3) is 0 Å². The van der Waals surface area contributed by atoms with Gasteiger partial charge in [-0.15, -0.1) is 0 Å². The van der Waals surface area contributed by atoms with Gasteiger partial charge in [0, 0.05) is 40.5 Å². The number of aromatic nitrogens is 2. The number of carbonyl (C=O) groups is 1. The van der Waals surface area contributed by atoms with E-state index in [4.69, 9.17) is 11.3 Å². The maximum atomic E-state index is 14.3. The van der Waals surface area contributed by atoms with E-state index < -0.39 is 17.9 Å². The molecule has 0 fully saturated rings. The van der Waals surface area contributed by atoms with Crippen molar-refractivity contribution in [3.63, 3.8) is 0 Å². The second kappa shape index (κ2) is 6.74. The molecule has 0 bridgehead atoms. The molecule has 0 spiro atoms. The Balaban J connectivity index is 2.11. The van der Waals surface area contributed by atoms with Gasteiger partial charge in [0.15, 0.2) is 0 Å². The van der Waals surface area contributed by atoms with Crippen molar-refractivity contribution >= 4 is 11.8 Å². The van der Waals surface area contributed by atoms with Crippen LogP contribution in [-0.4, -0.2) is 22.5 Å². The molecule has 9 heteroatoms. The molecule has 3 rings (SSSR count). The van der Waals surface area contributed by atoms with Crippen LogP contribution < -0.4 is 10.6 Å². The van der Waals surface area contributed by atoms with Gasteiger partial charge in [-0.05, 0) is 30.0 Å². The van der Waals surface area contributed by atoms with Crippen LogP contribution in [0.5, 0.6) is 0 Å². The van der Waals surface area contributed by atoms with Crippen molar-refractivity contribution in [2.75, 3.05) is 11.4 Å². The van der Waals surface area contributed by atoms with E-state index in [2.05, 4.69) is 20.0 Å². The molecular formula is C16H16FN7O. The summed E-state index contributed by atoms with van der Waals surface area (Å²) in [4.78, 5) is 24.0. The van der Waals surface area contributed by atoms with Gasteiger partial charge in [0.2, 0.25) is 0 Å². The number of aryl methyl sites for hydroxylation is 1. The van der Waals surface area contributed by atoms with Crippen molar-refractivity contribution in [2.24, 2.45) is 10.8 Å². The van der Waals surface area contributed by atoms with Gasteiger partial charge >= 0.3 is 6.03 Å². The molecule has 8 nitrogen and oxygen atoms in total. The fraction of sp³-hybridized carbons (Fsp3) is 0.312. The number of pyridine rings is 2. The van der Waals surface area contributed by atoms with E-state index in [1.54, 1.807) is 13.1 Å². The molecule has 1 aliphatic heterocycles. The minimum atomic E-state index is -0.693. The van der Waals surface area contributed by atoms with E-state index in [9.17, 15) is 9.18 Å². The van der Waals surface area contributed by atoms with Crippen molar-refractivity contribution in [2.45, 2.75) is 25.8 Å². The van der Waals surface area contributed by atoms with Crippen molar-refractivity contribution in [3.8, 4) is 11.1 Å². The van der Waals surface area contributed by atoms with Gasteiger partial charge in [-0.25, -0.2) is 14.2 Å². The number of rotatable bonds is 3. The van der Waals surface area contributed by atoms with E-state index in [0.717, 1.165) is 24.6 Å². The van der Waals surface area contributed by atoms with E-state index >= 15 is 0 Å². The predicted octanol–water partition coefficient (Wildman–Crippen LogP) is 3.49. The summed E-state index contributed by atoms with van der Waals surface area (Å²) < 4.78 is 14.3. The van der Waals surface area contributed by atoms with Gasteiger partial charge in [-0.2, -0.15) is 0 Å². The Morgan fingerprint density at radius 2 is 2.28 bits per heavy atom. The van der Waals surface area contributed by atoms with Crippen LogP contribution in [0, 0.1) is 5.82 Å². The maximum Gasteiger partial charge on any atom is 0.320 e. The van der Waals surface area contributed by atoms with Crippen molar-refractivity contribution in [3.05, 3.63) is 52.0 Å². The summed E-state index contributed by atoms with van der Waals surface area (Å²) in [6.07, 6.45) is 5.65. The van der Waals surface area contributed by atoms with Crippen LogP contribution in [0.15, 0.2) is 29.8 Å². The lowest BCUT2D eigenvalue weighted by Gasteiger charge is -2.27. The molecular weight excluding hydrogens is 325 g/mol. The number of hydrogen-bond acceptors (Lipinski definition) is 4. The topological polar surface area (TPSA) is 121 Å². The third kappa shape index (κ3) is 3.09. The number of nitrogens with zero attached hydrogens (tertiary/aromatic N) is 6. The third-order valence-corrected chi connectivity index (χ3v) is 4.19. The Kier molecular flexibility index (Phi) is 4.49. The monoisotopic (exact) mass is 341 g/mol. The van der Waals surface area contributed by atoms with Crippen LogP contribution in [-0.2, 0) is 6.42 Å². The first-order valence-corrected chi connectivity index (χ1v) is 7.76. The Hall–Kier alpha value is -3.19. The fourth-order valence-corrected chi connectivity index (χ4v) is 3.06. The number of azide groups is 1. The molecule has 25 heavy (non-hydrogen) atoms. The second-order valence-electron chi connectivity index (χ2n) is 5.76. The number of anilines is 1. The van der Waals surface area contributed by atoms with Gasteiger partial charge in [0.1, 0.15) is 11.6 Å². The number of nitrogens with two attached hydrogens (primary N) is 1. The molecule has 0 saturated heterocycles. The molecule has 2 N–H and O–H groups in total. The molecule has 0 aromatic carbocycles. The first-order chi connectivity index (χ1) is 12.0. The number of carbonyl (C=O) groups excluding carboxylic acids is 1. The normalized spacial score (nSPS) is 14.4. The molecule has 2 amide bonds. The maximum absolute atomic E-state index is 14.3. The number of fused-ring (bicyclic) bond motifs is 1. The third-order valence-electron chi connectivity index (χ3n) is 4.19. The van der Waals surface area contributed by atoms with Gasteiger partial charge < -0.3 is 5.73 Å². The van der Waals surface area contributed by atoms with E-state index in [-0.39, 0.29) is 5.56 Å². The van der Waals surface area contributed by atoms with Crippen LogP contribution >= 0.6 is 0 Å².